The summed E-state index contributed by atoms with van der Waals surface area (Å²) >= 11 is -1.05. The number of ether oxygens (including phenoxy) is 2. The molecule has 0 aromatic heterocycles. The van der Waals surface area contributed by atoms with Gasteiger partial charge < -0.3 is 14.0 Å². The molecule has 5 heteroatoms. The first kappa shape index (κ1) is 15.5. The van der Waals surface area contributed by atoms with Gasteiger partial charge in [-0.05, 0) is 51.3 Å². The Hall–Kier alpha value is -0.910. The molecule has 112 valence electrons. The van der Waals surface area contributed by atoms with Crippen LogP contribution in [0.5, 0.6) is 11.5 Å². The van der Waals surface area contributed by atoms with Gasteiger partial charge in [-0.15, -0.1) is 4.72 Å². The van der Waals surface area contributed by atoms with Crippen LogP contribution in [0.25, 0.3) is 0 Å². The number of hydrogen-bond donors (Lipinski definition) is 1. The summed E-state index contributed by atoms with van der Waals surface area (Å²) in [6.07, 6.45) is 1.76. The topological polar surface area (TPSA) is 53.5 Å². The molecule has 0 unspecified atom stereocenters. The minimum absolute atomic E-state index is 0.190. The van der Waals surface area contributed by atoms with E-state index in [1.165, 1.54) is 5.56 Å². The first-order chi connectivity index (χ1) is 9.40. The van der Waals surface area contributed by atoms with E-state index in [0.29, 0.717) is 6.79 Å². The second-order valence-electron chi connectivity index (χ2n) is 6.00. The summed E-state index contributed by atoms with van der Waals surface area (Å²) in [6.45, 7) is 8.32. The fraction of sp³-hybridized carbons (Fsp3) is 0.600. The highest BCUT2D eigenvalue weighted by molar-refractivity contribution is 7.90. The van der Waals surface area contributed by atoms with Crippen molar-refractivity contribution in [3.05, 3.63) is 23.8 Å². The Morgan fingerprint density at radius 2 is 2.00 bits per heavy atom. The summed E-state index contributed by atoms with van der Waals surface area (Å²) in [7, 11) is 0. The number of benzene rings is 1. The summed E-state index contributed by atoms with van der Waals surface area (Å²) < 4.78 is 25.8. The van der Waals surface area contributed by atoms with Crippen LogP contribution in [-0.2, 0) is 17.8 Å². The zero-order valence-electron chi connectivity index (χ0n) is 12.6. The van der Waals surface area contributed by atoms with Crippen molar-refractivity contribution in [3.8, 4) is 11.5 Å². The van der Waals surface area contributed by atoms with E-state index < -0.39 is 11.4 Å². The van der Waals surface area contributed by atoms with Crippen LogP contribution in [0, 0.1) is 0 Å². The Morgan fingerprint density at radius 1 is 1.30 bits per heavy atom. The van der Waals surface area contributed by atoms with Crippen molar-refractivity contribution in [1.82, 2.24) is 4.72 Å². The van der Waals surface area contributed by atoms with Gasteiger partial charge >= 0.3 is 0 Å². The third-order valence-corrected chi connectivity index (χ3v) is 4.90. The van der Waals surface area contributed by atoms with Crippen molar-refractivity contribution in [3.63, 3.8) is 0 Å². The summed E-state index contributed by atoms with van der Waals surface area (Å²) in [6, 6.07) is 6.17. The lowest BCUT2D eigenvalue weighted by Crippen LogP contribution is -2.45. The van der Waals surface area contributed by atoms with Gasteiger partial charge in [-0.1, -0.05) is 13.0 Å². The summed E-state index contributed by atoms with van der Waals surface area (Å²) in [5, 5.41) is 0. The molecule has 2 rings (SSSR count). The van der Waals surface area contributed by atoms with Gasteiger partial charge in [0.15, 0.2) is 11.5 Å². The smallest absolute Gasteiger partial charge is 0.231 e. The monoisotopic (exact) mass is 297 g/mol. The van der Waals surface area contributed by atoms with Gasteiger partial charge in [-0.3, -0.25) is 0 Å². The van der Waals surface area contributed by atoms with Gasteiger partial charge in [0.05, 0.1) is 6.04 Å². The maximum Gasteiger partial charge on any atom is 0.231 e. The summed E-state index contributed by atoms with van der Waals surface area (Å²) in [5.74, 6) is 1.60. The molecule has 0 bridgehead atoms. The molecule has 1 aromatic carbocycles. The number of fused-ring (bicyclic) bond motifs is 1. The average molecular weight is 297 g/mol. The van der Waals surface area contributed by atoms with Crippen molar-refractivity contribution in [2.45, 2.75) is 51.3 Å². The van der Waals surface area contributed by atoms with Gasteiger partial charge in [-0.25, -0.2) is 0 Å². The largest absolute Gasteiger partial charge is 0.598 e. The van der Waals surface area contributed by atoms with E-state index in [-0.39, 0.29) is 10.8 Å². The fourth-order valence-electron chi connectivity index (χ4n) is 1.95. The molecule has 0 aliphatic carbocycles. The lowest BCUT2D eigenvalue weighted by atomic mass is 10.0. The molecule has 1 aliphatic rings. The third-order valence-electron chi connectivity index (χ3n) is 3.24. The Balaban J connectivity index is 1.99. The van der Waals surface area contributed by atoms with Crippen molar-refractivity contribution in [2.75, 3.05) is 6.79 Å². The molecule has 0 fully saturated rings. The van der Waals surface area contributed by atoms with Crippen molar-refractivity contribution in [2.24, 2.45) is 0 Å². The van der Waals surface area contributed by atoms with E-state index in [1.807, 2.05) is 39.0 Å². The van der Waals surface area contributed by atoms with E-state index >= 15 is 0 Å². The van der Waals surface area contributed by atoms with Crippen LogP contribution >= 0.6 is 0 Å². The molecule has 1 aromatic rings. The van der Waals surface area contributed by atoms with Crippen LogP contribution < -0.4 is 14.2 Å². The highest BCUT2D eigenvalue weighted by Crippen LogP contribution is 2.33. The van der Waals surface area contributed by atoms with Gasteiger partial charge in [0.25, 0.3) is 0 Å². The lowest BCUT2D eigenvalue weighted by Gasteiger charge is -2.27. The molecule has 20 heavy (non-hydrogen) atoms. The van der Waals surface area contributed by atoms with Crippen LogP contribution in [0.4, 0.5) is 0 Å². The molecule has 4 nitrogen and oxygen atoms in total. The average Bonchev–Trinajstić information content (AvgIpc) is 2.84. The predicted octanol–water partition coefficient (Wildman–Crippen LogP) is 2.79. The highest BCUT2D eigenvalue weighted by atomic mass is 32.2. The van der Waals surface area contributed by atoms with Gasteiger partial charge in [0.2, 0.25) is 6.79 Å². The number of rotatable bonds is 5. The zero-order valence-corrected chi connectivity index (χ0v) is 13.4. The van der Waals surface area contributed by atoms with Gasteiger partial charge in [0, 0.05) is 11.4 Å². The van der Waals surface area contributed by atoms with E-state index in [1.54, 1.807) is 0 Å². The molecule has 0 amide bonds. The van der Waals surface area contributed by atoms with E-state index in [9.17, 15) is 4.55 Å². The molecule has 1 aliphatic heterocycles. The maximum atomic E-state index is 12.2. The summed E-state index contributed by atoms with van der Waals surface area (Å²) in [4.78, 5) is 0. The third kappa shape index (κ3) is 3.81. The summed E-state index contributed by atoms with van der Waals surface area (Å²) in [5.41, 5.74) is 1.17. The predicted molar refractivity (Wildman–Crippen MR) is 81.4 cm³/mol. The molecular formula is C15H23NO3S. The van der Waals surface area contributed by atoms with Crippen LogP contribution in [-0.4, -0.2) is 22.1 Å². The Labute approximate surface area is 124 Å². The van der Waals surface area contributed by atoms with Crippen molar-refractivity contribution >= 4 is 11.4 Å². The second-order valence-corrected chi connectivity index (χ2v) is 7.99. The fourth-order valence-corrected chi connectivity index (χ4v) is 2.86. The number of nitrogens with one attached hydrogen (secondary N) is 1. The molecule has 0 spiro atoms. The lowest BCUT2D eigenvalue weighted by molar-refractivity contribution is 0.174. The van der Waals surface area contributed by atoms with E-state index in [0.717, 1.165) is 24.3 Å². The first-order valence-corrected chi connectivity index (χ1v) is 8.11. The van der Waals surface area contributed by atoms with Crippen molar-refractivity contribution in [1.29, 1.82) is 0 Å². The molecule has 2 atom stereocenters. The van der Waals surface area contributed by atoms with E-state index in [2.05, 4.69) is 11.6 Å². The Morgan fingerprint density at radius 3 is 2.65 bits per heavy atom. The normalized spacial score (nSPS) is 17.1. The Bertz CT molecular complexity index is 459. The zero-order chi connectivity index (χ0) is 14.8. The minimum Gasteiger partial charge on any atom is -0.598 e. The molecular weight excluding hydrogens is 274 g/mol. The van der Waals surface area contributed by atoms with Gasteiger partial charge in [0.1, 0.15) is 4.75 Å². The molecule has 1 heterocycles. The molecule has 0 saturated carbocycles. The quantitative estimate of drug-likeness (QED) is 0.849. The standard InChI is InChI=1S/C15H23NO3S/c1-5-12(16-20(17)15(2,3)4)8-11-6-7-13-14(9-11)19-10-18-13/h6-7,9,12,16H,5,8,10H2,1-4H3/t12-,20+/m0/s1. The van der Waals surface area contributed by atoms with E-state index in [4.69, 9.17) is 9.47 Å². The molecule has 0 saturated heterocycles. The van der Waals surface area contributed by atoms with Crippen LogP contribution in [0.3, 0.4) is 0 Å². The first-order valence-electron chi connectivity index (χ1n) is 6.96. The SMILES string of the molecule is CC[C@@H](Cc1ccc2c(c1)OCO2)N[S@+]([O-])C(C)(C)C. The van der Waals surface area contributed by atoms with Gasteiger partial charge in [-0.2, -0.15) is 0 Å². The second kappa shape index (κ2) is 6.24. The van der Waals surface area contributed by atoms with Crippen molar-refractivity contribution < 1.29 is 14.0 Å². The maximum absolute atomic E-state index is 12.2. The van der Waals surface area contributed by atoms with Crippen LogP contribution in [0.2, 0.25) is 0 Å². The number of hydrogen-bond acceptors (Lipinski definition) is 4. The van der Waals surface area contributed by atoms with Crippen LogP contribution in [0.1, 0.15) is 39.7 Å². The van der Waals surface area contributed by atoms with Crippen LogP contribution in [0.15, 0.2) is 18.2 Å². The molecule has 0 radical (unpaired) electrons. The highest BCUT2D eigenvalue weighted by Gasteiger charge is 2.28. The minimum atomic E-state index is -1.05. The molecule has 1 N–H and O–H groups in total. The Kier molecular flexibility index (Phi) is 4.83.